The van der Waals surface area contributed by atoms with Crippen molar-refractivity contribution in [2.75, 3.05) is 4.72 Å². The van der Waals surface area contributed by atoms with E-state index in [1.165, 1.54) is 29.0 Å². The summed E-state index contributed by atoms with van der Waals surface area (Å²) in [5, 5.41) is 4.39. The number of anilines is 1. The quantitative estimate of drug-likeness (QED) is 0.289. The van der Waals surface area contributed by atoms with Crippen molar-refractivity contribution in [2.45, 2.75) is 5.51 Å². The highest BCUT2D eigenvalue weighted by Crippen LogP contribution is 2.29. The van der Waals surface area contributed by atoms with Crippen molar-refractivity contribution >= 4 is 33.0 Å². The Morgan fingerprint density at radius 3 is 2.23 bits per heavy atom. The van der Waals surface area contributed by atoms with Crippen LogP contribution in [0.25, 0.3) is 0 Å². The van der Waals surface area contributed by atoms with Gasteiger partial charge in [0.15, 0.2) is 5.75 Å². The van der Waals surface area contributed by atoms with Gasteiger partial charge in [0.1, 0.15) is 11.5 Å². The summed E-state index contributed by atoms with van der Waals surface area (Å²) in [5.41, 5.74) is -6.11. The Hall–Kier alpha value is -3.11. The summed E-state index contributed by atoms with van der Waals surface area (Å²) in [6.07, 6.45) is 0. The van der Waals surface area contributed by atoms with Crippen LogP contribution < -0.4 is 9.56 Å². The molecule has 5 nitrogen and oxygen atoms in total. The number of halogens is 5. The van der Waals surface area contributed by atoms with Crippen LogP contribution in [0, 0.1) is 5.82 Å². The molecule has 31 heavy (non-hydrogen) atoms. The summed E-state index contributed by atoms with van der Waals surface area (Å²) in [5.74, 6) is -0.577. The lowest BCUT2D eigenvalue weighted by atomic mass is 10.0. The maximum Gasteiger partial charge on any atom is 0.516 e. The minimum Gasteiger partial charge on any atom is -0.356 e. The molecule has 0 atom stereocenters. The second-order valence-electron chi connectivity index (χ2n) is 6.09. The van der Waals surface area contributed by atoms with Gasteiger partial charge in [0.25, 0.3) is 0 Å². The first-order chi connectivity index (χ1) is 14.6. The number of sulfonamides is 1. The Bertz CT molecular complexity index is 1200. The van der Waals surface area contributed by atoms with E-state index >= 15 is 0 Å². The minimum atomic E-state index is -5.76. The van der Waals surface area contributed by atoms with E-state index < -0.39 is 27.0 Å². The van der Waals surface area contributed by atoms with Gasteiger partial charge < -0.3 is 4.84 Å². The third-order valence-electron chi connectivity index (χ3n) is 3.89. The molecule has 0 fully saturated rings. The topological polar surface area (TPSA) is 67.8 Å². The van der Waals surface area contributed by atoms with Gasteiger partial charge >= 0.3 is 15.5 Å². The fourth-order valence-electron chi connectivity index (χ4n) is 2.45. The molecule has 0 aliphatic carbocycles. The summed E-state index contributed by atoms with van der Waals surface area (Å²) >= 11 is 5.81. The molecule has 0 aliphatic heterocycles. The van der Waals surface area contributed by atoms with Crippen molar-refractivity contribution < 1.29 is 30.8 Å². The average Bonchev–Trinajstić information content (AvgIpc) is 2.71. The first-order valence-corrected chi connectivity index (χ1v) is 10.4. The number of alkyl halides is 3. The highest BCUT2D eigenvalue weighted by molar-refractivity contribution is 7.93. The standard InChI is InChI=1S/C20H13ClF4N2O3S/c21-14-6-9-16(10-7-14)30-26-19(13-4-2-1-3-5-13)17-12-15(22)8-11-18(17)27-31(28,29)20(23,24)25/h1-12,27H/b26-19-. The molecule has 0 aliphatic rings. The normalized spacial score (nSPS) is 12.5. The Morgan fingerprint density at radius 1 is 0.968 bits per heavy atom. The summed E-state index contributed by atoms with van der Waals surface area (Å²) in [6, 6.07) is 16.6. The lowest BCUT2D eigenvalue weighted by Crippen LogP contribution is -2.30. The lowest BCUT2D eigenvalue weighted by molar-refractivity contribution is -0.0429. The van der Waals surface area contributed by atoms with Gasteiger partial charge in [0.05, 0.1) is 5.69 Å². The molecule has 0 saturated heterocycles. The van der Waals surface area contributed by atoms with Crippen LogP contribution in [0.3, 0.4) is 0 Å². The molecule has 0 aromatic heterocycles. The SMILES string of the molecule is O=S(=O)(Nc1ccc(F)cc1/C(=N\Oc1ccc(Cl)cc1)c1ccccc1)C(F)(F)F. The highest BCUT2D eigenvalue weighted by atomic mass is 35.5. The highest BCUT2D eigenvalue weighted by Gasteiger charge is 2.46. The minimum absolute atomic E-state index is 0.102. The van der Waals surface area contributed by atoms with E-state index in [2.05, 4.69) is 5.16 Å². The molecule has 0 bridgehead atoms. The monoisotopic (exact) mass is 472 g/mol. The molecule has 11 heteroatoms. The number of nitrogens with zero attached hydrogens (tertiary/aromatic N) is 1. The molecule has 1 N–H and O–H groups in total. The maximum atomic E-state index is 14.0. The molecule has 0 spiro atoms. The van der Waals surface area contributed by atoms with Crippen molar-refractivity contribution in [1.29, 1.82) is 0 Å². The van der Waals surface area contributed by atoms with Crippen LogP contribution in [0.2, 0.25) is 5.02 Å². The zero-order chi connectivity index (χ0) is 22.6. The van der Waals surface area contributed by atoms with Crippen LogP contribution in [0.1, 0.15) is 11.1 Å². The third-order valence-corrected chi connectivity index (χ3v) is 5.24. The van der Waals surface area contributed by atoms with Crippen molar-refractivity contribution in [3.8, 4) is 5.75 Å². The molecule has 0 radical (unpaired) electrons. The maximum absolute atomic E-state index is 14.0. The first kappa shape index (κ1) is 22.6. The molecule has 162 valence electrons. The fraction of sp³-hybridized carbons (Fsp3) is 0.0500. The van der Waals surface area contributed by atoms with E-state index in [4.69, 9.17) is 16.4 Å². The molecule has 0 amide bonds. The van der Waals surface area contributed by atoms with Crippen LogP contribution in [0.15, 0.2) is 78.0 Å². The van der Waals surface area contributed by atoms with Crippen molar-refractivity contribution in [3.05, 3.63) is 94.8 Å². The van der Waals surface area contributed by atoms with Crippen LogP contribution in [0.5, 0.6) is 5.75 Å². The summed E-state index contributed by atoms with van der Waals surface area (Å²) in [7, 11) is -5.76. The van der Waals surface area contributed by atoms with Gasteiger partial charge in [-0.15, -0.1) is 0 Å². The molecule has 0 heterocycles. The fourth-order valence-corrected chi connectivity index (χ4v) is 3.16. The van der Waals surface area contributed by atoms with Crippen LogP contribution in [-0.2, 0) is 10.0 Å². The number of rotatable bonds is 6. The first-order valence-electron chi connectivity index (χ1n) is 8.52. The molecular formula is C20H13ClF4N2O3S. The number of benzene rings is 3. The summed E-state index contributed by atoms with van der Waals surface area (Å²) < 4.78 is 77.3. The molecule has 0 unspecified atom stereocenters. The summed E-state index contributed by atoms with van der Waals surface area (Å²) in [6.45, 7) is 0. The van der Waals surface area contributed by atoms with E-state index in [0.29, 0.717) is 10.6 Å². The second-order valence-corrected chi connectivity index (χ2v) is 8.20. The van der Waals surface area contributed by atoms with Gasteiger partial charge in [-0.3, -0.25) is 4.72 Å². The van der Waals surface area contributed by atoms with Gasteiger partial charge in [0, 0.05) is 16.1 Å². The molecule has 0 saturated carbocycles. The molecule has 3 aromatic carbocycles. The predicted octanol–water partition coefficient (Wildman–Crippen LogP) is 5.57. The van der Waals surface area contributed by atoms with Crippen LogP contribution >= 0.6 is 11.6 Å². The lowest BCUT2D eigenvalue weighted by Gasteiger charge is -2.16. The zero-order valence-electron chi connectivity index (χ0n) is 15.4. The average molecular weight is 473 g/mol. The molecule has 3 rings (SSSR count). The van der Waals surface area contributed by atoms with Gasteiger partial charge in [-0.1, -0.05) is 47.1 Å². The largest absolute Gasteiger partial charge is 0.516 e. The van der Waals surface area contributed by atoms with Gasteiger partial charge in [0.2, 0.25) is 0 Å². The van der Waals surface area contributed by atoms with E-state index in [9.17, 15) is 26.0 Å². The number of hydrogen-bond donors (Lipinski definition) is 1. The predicted molar refractivity (Wildman–Crippen MR) is 109 cm³/mol. The van der Waals surface area contributed by atoms with E-state index in [1.807, 2.05) is 0 Å². The Labute approximate surface area is 180 Å². The van der Waals surface area contributed by atoms with E-state index in [-0.39, 0.29) is 17.0 Å². The molecular weight excluding hydrogens is 460 g/mol. The van der Waals surface area contributed by atoms with Gasteiger partial charge in [-0.25, -0.2) is 4.39 Å². The Balaban J connectivity index is 2.12. The molecule has 3 aromatic rings. The van der Waals surface area contributed by atoms with Crippen LogP contribution in [-0.4, -0.2) is 19.6 Å². The zero-order valence-corrected chi connectivity index (χ0v) is 17.0. The Kier molecular flexibility index (Phi) is 6.51. The smallest absolute Gasteiger partial charge is 0.356 e. The van der Waals surface area contributed by atoms with Crippen molar-refractivity contribution in [1.82, 2.24) is 0 Å². The third kappa shape index (κ3) is 5.53. The van der Waals surface area contributed by atoms with E-state index in [1.54, 1.807) is 30.3 Å². The van der Waals surface area contributed by atoms with E-state index in [0.717, 1.165) is 18.2 Å². The van der Waals surface area contributed by atoms with Crippen molar-refractivity contribution in [2.24, 2.45) is 5.16 Å². The number of nitrogens with one attached hydrogen (secondary N) is 1. The number of hydrogen-bond acceptors (Lipinski definition) is 4. The Morgan fingerprint density at radius 2 is 1.61 bits per heavy atom. The summed E-state index contributed by atoms with van der Waals surface area (Å²) in [4.78, 5) is 5.33. The van der Waals surface area contributed by atoms with Crippen molar-refractivity contribution in [3.63, 3.8) is 0 Å². The second kappa shape index (κ2) is 8.94. The van der Waals surface area contributed by atoms with Crippen LogP contribution in [0.4, 0.5) is 23.2 Å². The number of oxime groups is 1. The van der Waals surface area contributed by atoms with Gasteiger partial charge in [-0.2, -0.15) is 21.6 Å². The van der Waals surface area contributed by atoms with Gasteiger partial charge in [-0.05, 0) is 42.5 Å².